The number of benzene rings is 1. The smallest absolute Gasteiger partial charge is 0.311 e. The van der Waals surface area contributed by atoms with Gasteiger partial charge in [0, 0.05) is 74.6 Å². The lowest BCUT2D eigenvalue weighted by atomic mass is 9.83. The number of methoxy groups -OCH3 is 1. The number of nitrogens with zero attached hydrogens (tertiary/aromatic N) is 3. The van der Waals surface area contributed by atoms with Crippen LogP contribution >= 0.6 is 0 Å². The molecule has 1 saturated carbocycles. The first-order chi connectivity index (χ1) is 34.7. The van der Waals surface area contributed by atoms with Crippen LogP contribution in [0.4, 0.5) is 4.39 Å². The van der Waals surface area contributed by atoms with Crippen molar-refractivity contribution in [3.05, 3.63) is 54.1 Å². The lowest BCUT2D eigenvalue weighted by molar-refractivity contribution is -0.308. The van der Waals surface area contributed by atoms with Crippen LogP contribution in [0.5, 0.6) is 0 Å². The van der Waals surface area contributed by atoms with Crippen LogP contribution in [-0.2, 0) is 44.4 Å². The highest BCUT2D eigenvalue weighted by Crippen LogP contribution is 2.42. The Labute approximate surface area is 437 Å². The topological polar surface area (TPSA) is 242 Å². The summed E-state index contributed by atoms with van der Waals surface area (Å²) in [6.07, 6.45) is -5.52. The summed E-state index contributed by atoms with van der Waals surface area (Å²) in [6, 6.07) is 6.65. The molecule has 7 N–H and O–H groups in total. The van der Waals surface area contributed by atoms with Crippen LogP contribution in [-0.4, -0.2) is 195 Å². The van der Waals surface area contributed by atoms with Crippen molar-refractivity contribution >= 4 is 11.9 Å². The maximum Gasteiger partial charge on any atom is 0.311 e. The number of hydrogen-bond donors (Lipinski definition) is 7. The molecule has 1 amide bonds. The fraction of sp³-hybridized carbons (Fsp3) is 0.764. The first-order valence-electron chi connectivity index (χ1n) is 26.6. The van der Waals surface area contributed by atoms with Crippen molar-refractivity contribution in [2.24, 2.45) is 23.7 Å². The highest BCUT2D eigenvalue weighted by Gasteiger charge is 2.52. The average Bonchev–Trinajstić information content (AvgIpc) is 4.12. The molecule has 20 atom stereocenters. The summed E-state index contributed by atoms with van der Waals surface area (Å²) in [5.74, 6) is -3.04. The number of rotatable bonds is 15. The van der Waals surface area contributed by atoms with Crippen LogP contribution in [0.1, 0.15) is 106 Å². The van der Waals surface area contributed by atoms with Crippen molar-refractivity contribution in [3.63, 3.8) is 0 Å². The lowest BCUT2D eigenvalue weighted by Gasteiger charge is -2.47. The number of cyclic esters (lactones) is 1. The van der Waals surface area contributed by atoms with E-state index in [1.807, 2.05) is 37.7 Å². The molecule has 19 heteroatoms. The molecule has 0 radical (unpaired) electrons. The van der Waals surface area contributed by atoms with Crippen LogP contribution < -0.4 is 5.32 Å². The second-order valence-electron chi connectivity index (χ2n) is 22.9. The normalized spacial score (nSPS) is 40.4. The molecule has 1 aromatic carbocycles. The van der Waals surface area contributed by atoms with Crippen LogP contribution in [0, 0.1) is 29.5 Å². The average molecular weight is 1050 g/mol. The Bertz CT molecular complexity index is 2140. The minimum atomic E-state index is -1.85. The molecule has 6 rings (SSSR count). The summed E-state index contributed by atoms with van der Waals surface area (Å²) in [5, 5.41) is 72.6. The molecule has 1 aliphatic carbocycles. The fourth-order valence-corrected chi connectivity index (χ4v) is 11.5. The van der Waals surface area contributed by atoms with Gasteiger partial charge in [-0.15, -0.1) is 0 Å². The van der Waals surface area contributed by atoms with Crippen molar-refractivity contribution in [2.45, 2.75) is 204 Å². The molecule has 418 valence electrons. The van der Waals surface area contributed by atoms with Gasteiger partial charge < -0.3 is 74.2 Å². The van der Waals surface area contributed by atoms with Gasteiger partial charge in [-0.1, -0.05) is 32.0 Å². The van der Waals surface area contributed by atoms with Crippen molar-refractivity contribution in [2.75, 3.05) is 40.9 Å². The van der Waals surface area contributed by atoms with E-state index in [9.17, 15) is 40.2 Å². The van der Waals surface area contributed by atoms with E-state index in [4.69, 9.17) is 28.4 Å². The number of carbonyl (C=O) groups excluding carboxylic acids is 2. The molecule has 0 spiro atoms. The van der Waals surface area contributed by atoms with Gasteiger partial charge in [0.1, 0.15) is 35.8 Å². The van der Waals surface area contributed by atoms with Gasteiger partial charge in [-0.2, -0.15) is 0 Å². The van der Waals surface area contributed by atoms with Gasteiger partial charge in [-0.3, -0.25) is 14.6 Å². The number of aliphatic hydroxyl groups excluding tert-OH is 4. The van der Waals surface area contributed by atoms with E-state index in [1.165, 1.54) is 20.1 Å². The minimum absolute atomic E-state index is 0.0470. The molecule has 4 fully saturated rings. The van der Waals surface area contributed by atoms with Gasteiger partial charge in [0.25, 0.3) is 0 Å². The summed E-state index contributed by atoms with van der Waals surface area (Å²) in [6.45, 7) is 16.0. The van der Waals surface area contributed by atoms with Gasteiger partial charge >= 0.3 is 5.97 Å². The number of aromatic nitrogens is 1. The van der Waals surface area contributed by atoms with Crippen LogP contribution in [0.25, 0.3) is 11.1 Å². The Morgan fingerprint density at radius 3 is 2.36 bits per heavy atom. The molecular formula is C55H87FN4O14. The highest BCUT2D eigenvalue weighted by atomic mass is 19.1. The zero-order valence-corrected chi connectivity index (χ0v) is 45.6. The van der Waals surface area contributed by atoms with Gasteiger partial charge in [0.2, 0.25) is 5.91 Å². The largest absolute Gasteiger partial charge is 0.459 e. The second kappa shape index (κ2) is 25.0. The molecule has 74 heavy (non-hydrogen) atoms. The quantitative estimate of drug-likeness (QED) is 0.126. The number of aliphatic hydroxyl groups is 6. The SMILES string of the molecule is CC[C@H]1OC(=O)[C@H](C)[C@@H](O[C@H]2C[C@@](C)(OC)[C@@H](O)[C@H](C)O2)C[C@@H](O[C@@H]2O[C@H](C)CC(N(C)C[C@@H]3C[C@H]3C(=O)N[C@H](CO)Cc3ccc(-c4cccnc4)c(F)c3)[C@H]2O)[C@](C)(O)C[C@@H](C)CN(C)[C@H](C)[C@@H](O)[C@]1(C)O. The second-order valence-corrected chi connectivity index (χ2v) is 22.9. The molecular weight excluding hydrogens is 960 g/mol. The third-order valence-electron chi connectivity index (χ3n) is 16.6. The zero-order valence-electron chi connectivity index (χ0n) is 45.6. The van der Waals surface area contributed by atoms with Crippen molar-refractivity contribution in [1.29, 1.82) is 0 Å². The molecule has 2 aromatic rings. The summed E-state index contributed by atoms with van der Waals surface area (Å²) in [4.78, 5) is 35.9. The predicted octanol–water partition coefficient (Wildman–Crippen LogP) is 3.58. The molecule has 3 aliphatic heterocycles. The number of carbonyl (C=O) groups is 2. The predicted molar refractivity (Wildman–Crippen MR) is 273 cm³/mol. The molecule has 4 aliphatic rings. The van der Waals surface area contributed by atoms with E-state index in [0.717, 1.165) is 0 Å². The molecule has 1 unspecified atom stereocenters. The Balaban J connectivity index is 1.19. The number of amides is 1. The maximum absolute atomic E-state index is 15.1. The van der Waals surface area contributed by atoms with Crippen LogP contribution in [0.15, 0.2) is 42.7 Å². The number of esters is 1. The van der Waals surface area contributed by atoms with E-state index in [1.54, 1.807) is 78.2 Å². The first kappa shape index (κ1) is 60.0. The van der Waals surface area contributed by atoms with Gasteiger partial charge in [0.05, 0.1) is 54.2 Å². The summed E-state index contributed by atoms with van der Waals surface area (Å²) < 4.78 is 53.0. The number of halogens is 1. The third-order valence-corrected chi connectivity index (χ3v) is 16.6. The van der Waals surface area contributed by atoms with Gasteiger partial charge in [-0.25, -0.2) is 4.39 Å². The Morgan fingerprint density at radius 1 is 1.01 bits per heavy atom. The number of likely N-dealkylation sites (N-methyl/N-ethyl adjacent to an activating group) is 2. The fourth-order valence-electron chi connectivity index (χ4n) is 11.5. The standard InChI is InChI=1S/C55H87FN4O14/c1-13-44-55(9,68)48(63)33(5)59(10)27-30(2)24-53(7,67)45(23-43(32(4)51(66)73-44)72-46-25-54(8,69-12)49(64)34(6)71-46)74-52-47(62)42(19-31(3)70-52)60(11)28-37-22-40(37)50(65)58-38(29-61)20-35-16-17-39(41(56)21-35)36-15-14-18-57-26-36/h14-18,21,26,30-34,37-38,40,42-49,52,61-64,67-68H,13,19-20,22-25,27-29H2,1-12H3,(H,58,65)/t30-,31-,32-,33-,34+,37+,38+,40-,42?,43+,44-,45-,46+,47-,48-,49+,52+,53-,54-,55-/m1/s1. The minimum Gasteiger partial charge on any atom is -0.459 e. The Morgan fingerprint density at radius 2 is 1.73 bits per heavy atom. The van der Waals surface area contributed by atoms with Crippen LogP contribution in [0.3, 0.4) is 0 Å². The summed E-state index contributed by atoms with van der Waals surface area (Å²) in [7, 11) is 5.18. The first-order valence-corrected chi connectivity index (χ1v) is 26.6. The maximum atomic E-state index is 15.1. The van der Waals surface area contributed by atoms with Gasteiger partial charge in [0.15, 0.2) is 12.6 Å². The van der Waals surface area contributed by atoms with Gasteiger partial charge in [-0.05, 0) is 124 Å². The Hall–Kier alpha value is -3.28. The monoisotopic (exact) mass is 1050 g/mol. The number of nitrogens with one attached hydrogen (secondary N) is 1. The van der Waals surface area contributed by atoms with Crippen molar-refractivity contribution < 1.29 is 73.0 Å². The molecule has 18 nitrogen and oxygen atoms in total. The van der Waals surface area contributed by atoms with E-state index in [0.29, 0.717) is 42.6 Å². The van der Waals surface area contributed by atoms with Crippen molar-refractivity contribution in [1.82, 2.24) is 20.1 Å². The summed E-state index contributed by atoms with van der Waals surface area (Å²) in [5.41, 5.74) is -2.89. The van der Waals surface area contributed by atoms with Crippen LogP contribution in [0.2, 0.25) is 0 Å². The van der Waals surface area contributed by atoms with E-state index in [-0.39, 0.29) is 62.4 Å². The third kappa shape index (κ3) is 14.2. The molecule has 0 bridgehead atoms. The molecule has 3 saturated heterocycles. The Kier molecular flexibility index (Phi) is 20.3. The number of pyridine rings is 1. The van der Waals surface area contributed by atoms with E-state index in [2.05, 4.69) is 10.3 Å². The molecule has 1 aromatic heterocycles. The van der Waals surface area contributed by atoms with E-state index < -0.39 is 114 Å². The summed E-state index contributed by atoms with van der Waals surface area (Å²) >= 11 is 0. The number of ether oxygens (including phenoxy) is 6. The van der Waals surface area contributed by atoms with E-state index >= 15 is 4.39 Å². The zero-order chi connectivity index (χ0) is 54.6. The highest BCUT2D eigenvalue weighted by molar-refractivity contribution is 5.82. The molecule has 4 heterocycles. The number of hydrogen-bond acceptors (Lipinski definition) is 17. The van der Waals surface area contributed by atoms with Crippen molar-refractivity contribution in [3.8, 4) is 11.1 Å². The lowest BCUT2D eigenvalue weighted by Crippen LogP contribution is -2.59.